The van der Waals surface area contributed by atoms with Crippen molar-refractivity contribution in [3.63, 3.8) is 0 Å². The summed E-state index contributed by atoms with van der Waals surface area (Å²) >= 11 is 6.60. The quantitative estimate of drug-likeness (QED) is 0.198. The molecule has 0 atom stereocenters. The number of aromatic nitrogens is 3. The zero-order valence-corrected chi connectivity index (χ0v) is 24.5. The van der Waals surface area contributed by atoms with Crippen molar-refractivity contribution in [2.45, 2.75) is 63.9 Å². The van der Waals surface area contributed by atoms with Crippen LogP contribution in [0.1, 0.15) is 61.6 Å². The van der Waals surface area contributed by atoms with Crippen molar-refractivity contribution in [1.29, 1.82) is 0 Å². The highest BCUT2D eigenvalue weighted by Gasteiger charge is 2.41. The number of hydrogen-bond donors (Lipinski definition) is 3. The summed E-state index contributed by atoms with van der Waals surface area (Å²) < 4.78 is 48.5. The van der Waals surface area contributed by atoms with Crippen LogP contribution in [0.3, 0.4) is 0 Å². The predicted molar refractivity (Wildman–Crippen MR) is 156 cm³/mol. The van der Waals surface area contributed by atoms with Gasteiger partial charge in [0.2, 0.25) is 5.88 Å². The van der Waals surface area contributed by atoms with E-state index in [1.807, 2.05) is 0 Å². The fourth-order valence-corrected chi connectivity index (χ4v) is 6.00. The lowest BCUT2D eigenvalue weighted by Crippen LogP contribution is -2.57. The maximum atomic E-state index is 14.0. The largest absolute Gasteiger partial charge is 0.493 e. The molecule has 2 aromatic carbocycles. The van der Waals surface area contributed by atoms with Crippen LogP contribution in [0.4, 0.5) is 18.0 Å². The van der Waals surface area contributed by atoms with Crippen LogP contribution in [0.15, 0.2) is 47.4 Å². The molecule has 8 nitrogen and oxygen atoms in total. The number of H-pyrrole nitrogens is 1. The van der Waals surface area contributed by atoms with E-state index in [9.17, 15) is 27.9 Å². The Bertz CT molecular complexity index is 1750. The number of thiazole rings is 1. The Morgan fingerprint density at radius 1 is 1.24 bits per heavy atom. The topological polar surface area (TPSA) is 109 Å². The number of fused-ring (bicyclic) bond motifs is 1. The number of ether oxygens (including phenoxy) is 1. The molecule has 0 bridgehead atoms. The zero-order chi connectivity index (χ0) is 30.4. The number of benzene rings is 2. The minimum Gasteiger partial charge on any atom is -0.493 e. The highest BCUT2D eigenvalue weighted by molar-refractivity contribution is 7.11. The smallest absolute Gasteiger partial charge is 0.417 e. The van der Waals surface area contributed by atoms with Crippen molar-refractivity contribution in [2.75, 3.05) is 0 Å². The lowest BCUT2D eigenvalue weighted by Gasteiger charge is -2.42. The number of alkyl halides is 3. The molecule has 222 valence electrons. The van der Waals surface area contributed by atoms with Gasteiger partial charge in [-0.3, -0.25) is 14.5 Å². The van der Waals surface area contributed by atoms with E-state index < -0.39 is 39.7 Å². The van der Waals surface area contributed by atoms with E-state index in [4.69, 9.17) is 16.3 Å². The molecule has 1 aliphatic rings. The third-order valence-corrected chi connectivity index (χ3v) is 8.26. The SMILES string of the molecule is CC(C)(C)OC(=O)NC1(Cn2c(O)c(C(=Cc3ccc(Cl)cc3C(F)(F)F)c3ccc4[nH]ncc4c3)sc2=O)CCC1. The molecule has 2 aromatic heterocycles. The second kappa shape index (κ2) is 10.8. The monoisotopic (exact) mass is 620 g/mol. The highest BCUT2D eigenvalue weighted by atomic mass is 35.5. The predicted octanol–water partition coefficient (Wildman–Crippen LogP) is 7.20. The lowest BCUT2D eigenvalue weighted by atomic mass is 9.76. The summed E-state index contributed by atoms with van der Waals surface area (Å²) in [7, 11) is 0. The first kappa shape index (κ1) is 29.7. The third kappa shape index (κ3) is 6.19. The van der Waals surface area contributed by atoms with Gasteiger partial charge < -0.3 is 15.2 Å². The van der Waals surface area contributed by atoms with E-state index in [2.05, 4.69) is 15.5 Å². The Hall–Kier alpha value is -3.77. The zero-order valence-electron chi connectivity index (χ0n) is 22.9. The van der Waals surface area contributed by atoms with Crippen molar-refractivity contribution < 1.29 is 27.8 Å². The second-order valence-electron chi connectivity index (χ2n) is 11.3. The van der Waals surface area contributed by atoms with Gasteiger partial charge in [-0.25, -0.2) is 4.79 Å². The molecule has 0 unspecified atom stereocenters. The first-order chi connectivity index (χ1) is 19.6. The molecule has 0 aliphatic heterocycles. The van der Waals surface area contributed by atoms with Gasteiger partial charge in [0, 0.05) is 16.0 Å². The Kier molecular flexibility index (Phi) is 7.65. The fourth-order valence-electron chi connectivity index (χ4n) is 4.91. The molecule has 13 heteroatoms. The molecular formula is C29H28ClF3N4O4S. The van der Waals surface area contributed by atoms with Crippen molar-refractivity contribution in [1.82, 2.24) is 20.1 Å². The lowest BCUT2D eigenvalue weighted by molar-refractivity contribution is -0.137. The third-order valence-electron chi connectivity index (χ3n) is 7.02. The summed E-state index contributed by atoms with van der Waals surface area (Å²) in [6.45, 7) is 5.18. The highest BCUT2D eigenvalue weighted by Crippen LogP contribution is 2.41. The van der Waals surface area contributed by atoms with Gasteiger partial charge in [0.15, 0.2) is 0 Å². The summed E-state index contributed by atoms with van der Waals surface area (Å²) in [4.78, 5) is 25.4. The number of aromatic amines is 1. The maximum absolute atomic E-state index is 14.0. The van der Waals surface area contributed by atoms with E-state index in [1.54, 1.807) is 45.2 Å². The number of hydrogen-bond acceptors (Lipinski definition) is 6. The maximum Gasteiger partial charge on any atom is 0.417 e. The van der Waals surface area contributed by atoms with Crippen LogP contribution in [0.5, 0.6) is 5.88 Å². The molecule has 2 heterocycles. The summed E-state index contributed by atoms with van der Waals surface area (Å²) in [5.41, 5.74) is -1.33. The van der Waals surface area contributed by atoms with Crippen molar-refractivity contribution in [3.05, 3.63) is 78.9 Å². The number of amides is 1. The van der Waals surface area contributed by atoms with Gasteiger partial charge in [-0.1, -0.05) is 35.1 Å². The van der Waals surface area contributed by atoms with Crippen LogP contribution in [0, 0.1) is 0 Å². The Labute approximate surface area is 247 Å². The number of nitrogens with zero attached hydrogens (tertiary/aromatic N) is 2. The van der Waals surface area contributed by atoms with Gasteiger partial charge in [-0.15, -0.1) is 0 Å². The van der Waals surface area contributed by atoms with Crippen LogP contribution in [-0.2, 0) is 17.5 Å². The average Bonchev–Trinajstić information content (AvgIpc) is 3.44. The molecule has 1 fully saturated rings. The summed E-state index contributed by atoms with van der Waals surface area (Å²) in [5.74, 6) is -0.414. The van der Waals surface area contributed by atoms with E-state index in [-0.39, 0.29) is 27.6 Å². The Morgan fingerprint density at radius 2 is 1.98 bits per heavy atom. The molecule has 1 saturated carbocycles. The van der Waals surface area contributed by atoms with Gasteiger partial charge in [-0.2, -0.15) is 18.3 Å². The van der Waals surface area contributed by atoms with E-state index in [0.29, 0.717) is 40.6 Å². The summed E-state index contributed by atoms with van der Waals surface area (Å²) in [6.07, 6.45) is -0.576. The van der Waals surface area contributed by atoms with E-state index >= 15 is 0 Å². The summed E-state index contributed by atoms with van der Waals surface area (Å²) in [6, 6.07) is 8.51. The van der Waals surface area contributed by atoms with Crippen molar-refractivity contribution in [3.8, 4) is 5.88 Å². The number of rotatable bonds is 6. The molecule has 1 aliphatic carbocycles. The van der Waals surface area contributed by atoms with Crippen molar-refractivity contribution >= 4 is 51.6 Å². The van der Waals surface area contributed by atoms with Gasteiger partial charge in [-0.05, 0) is 81.5 Å². The number of halogens is 4. The van der Waals surface area contributed by atoms with Crippen LogP contribution in [-0.4, -0.2) is 37.1 Å². The van der Waals surface area contributed by atoms with E-state index in [0.717, 1.165) is 17.1 Å². The van der Waals surface area contributed by atoms with Gasteiger partial charge >= 0.3 is 17.1 Å². The minimum atomic E-state index is -4.71. The molecule has 3 N–H and O–H groups in total. The Balaban J connectivity index is 1.61. The summed E-state index contributed by atoms with van der Waals surface area (Å²) in [5, 5.41) is 21.7. The molecule has 0 radical (unpaired) electrons. The normalized spacial score (nSPS) is 15.5. The number of carbonyl (C=O) groups excluding carboxylic acids is 1. The molecular weight excluding hydrogens is 593 g/mol. The van der Waals surface area contributed by atoms with Crippen LogP contribution in [0.25, 0.3) is 22.6 Å². The number of nitrogens with one attached hydrogen (secondary N) is 2. The fraction of sp³-hybridized carbons (Fsp3) is 0.345. The number of carbonyl (C=O) groups is 1. The number of aromatic hydroxyl groups is 1. The van der Waals surface area contributed by atoms with Crippen molar-refractivity contribution in [2.24, 2.45) is 0 Å². The van der Waals surface area contributed by atoms with Gasteiger partial charge in [0.05, 0.1) is 29.4 Å². The Morgan fingerprint density at radius 3 is 2.62 bits per heavy atom. The van der Waals surface area contributed by atoms with E-state index in [1.165, 1.54) is 18.2 Å². The number of alkyl carbamates (subject to hydrolysis) is 1. The van der Waals surface area contributed by atoms with Crippen LogP contribution >= 0.6 is 22.9 Å². The molecule has 42 heavy (non-hydrogen) atoms. The molecule has 4 aromatic rings. The van der Waals surface area contributed by atoms with Gasteiger partial charge in [0.1, 0.15) is 10.5 Å². The molecule has 0 spiro atoms. The first-order valence-electron chi connectivity index (χ1n) is 13.1. The standard InChI is InChI=1S/C29H28ClF3N4O4S/c1-27(2,3)41-25(39)35-28(9-4-10-28)15-37-24(38)23(42-26(37)40)20(16-6-8-22-18(11-16)14-34-36-22)12-17-5-7-19(30)13-21(17)29(31,32)33/h5-8,11-14,38H,4,9-10,15H2,1-3H3,(H,34,36)(H,35,39). The van der Waals surface area contributed by atoms with Crippen LogP contribution < -0.4 is 10.2 Å². The molecule has 1 amide bonds. The molecule has 5 rings (SSSR count). The van der Waals surface area contributed by atoms with Gasteiger partial charge in [0.25, 0.3) is 0 Å². The first-order valence-corrected chi connectivity index (χ1v) is 14.3. The average molecular weight is 621 g/mol. The minimum absolute atomic E-state index is 0.0315. The molecule has 0 saturated heterocycles. The second-order valence-corrected chi connectivity index (χ2v) is 12.7. The van der Waals surface area contributed by atoms with Crippen LogP contribution in [0.2, 0.25) is 5.02 Å².